The van der Waals surface area contributed by atoms with Crippen LogP contribution in [0.15, 0.2) is 31.7 Å². The van der Waals surface area contributed by atoms with Gasteiger partial charge in [0.15, 0.2) is 5.78 Å². The van der Waals surface area contributed by atoms with Gasteiger partial charge >= 0.3 is 5.69 Å². The summed E-state index contributed by atoms with van der Waals surface area (Å²) < 4.78 is 2.09. The van der Waals surface area contributed by atoms with Gasteiger partial charge < -0.3 is 0 Å². The molecule has 0 fully saturated rings. The summed E-state index contributed by atoms with van der Waals surface area (Å²) >= 11 is 4.60. The fraction of sp³-hybridized carbons (Fsp3) is 0.250. The third kappa shape index (κ3) is 3.10. The maximum absolute atomic E-state index is 12.0. The molecule has 0 unspecified atom stereocenters. The van der Waals surface area contributed by atoms with Crippen molar-refractivity contribution in [3.63, 3.8) is 0 Å². The van der Waals surface area contributed by atoms with E-state index in [9.17, 15) is 14.4 Å². The summed E-state index contributed by atoms with van der Waals surface area (Å²) in [5.41, 5.74) is -0.471. The molecule has 19 heavy (non-hydrogen) atoms. The van der Waals surface area contributed by atoms with E-state index in [2.05, 4.69) is 20.9 Å². The first-order valence-corrected chi connectivity index (χ1v) is 7.23. The van der Waals surface area contributed by atoms with Crippen LogP contribution in [0.2, 0.25) is 0 Å². The second kappa shape index (κ2) is 5.66. The summed E-state index contributed by atoms with van der Waals surface area (Å²) in [7, 11) is 0. The van der Waals surface area contributed by atoms with Crippen LogP contribution in [0.5, 0.6) is 0 Å². The highest BCUT2D eigenvalue weighted by molar-refractivity contribution is 9.11. The van der Waals surface area contributed by atoms with E-state index in [0.717, 1.165) is 3.79 Å². The van der Waals surface area contributed by atoms with Crippen molar-refractivity contribution in [1.82, 2.24) is 9.55 Å². The summed E-state index contributed by atoms with van der Waals surface area (Å²) in [6.45, 7) is 1.74. The summed E-state index contributed by atoms with van der Waals surface area (Å²) in [4.78, 5) is 37.8. The Kier molecular flexibility index (Phi) is 4.16. The third-order valence-corrected chi connectivity index (χ3v) is 4.29. The van der Waals surface area contributed by atoms with E-state index in [1.807, 2.05) is 6.92 Å². The topological polar surface area (TPSA) is 71.9 Å². The van der Waals surface area contributed by atoms with Crippen molar-refractivity contribution >= 4 is 33.0 Å². The first-order valence-electron chi connectivity index (χ1n) is 5.62. The van der Waals surface area contributed by atoms with Crippen LogP contribution in [-0.2, 0) is 13.0 Å². The average molecular weight is 343 g/mol. The molecule has 0 aliphatic carbocycles. The Labute approximate surface area is 121 Å². The lowest BCUT2D eigenvalue weighted by Gasteiger charge is -2.04. The van der Waals surface area contributed by atoms with E-state index >= 15 is 0 Å². The summed E-state index contributed by atoms with van der Waals surface area (Å²) in [6.07, 6.45) is 1.95. The molecule has 0 atom stereocenters. The second-order valence-electron chi connectivity index (χ2n) is 3.92. The van der Waals surface area contributed by atoms with Crippen LogP contribution in [0.1, 0.15) is 22.2 Å². The Morgan fingerprint density at radius 1 is 1.42 bits per heavy atom. The smallest absolute Gasteiger partial charge is 0.292 e. The molecular weight excluding hydrogens is 332 g/mol. The van der Waals surface area contributed by atoms with Crippen molar-refractivity contribution in [3.05, 3.63) is 53.4 Å². The molecule has 0 aromatic carbocycles. The Balaban J connectivity index is 2.31. The monoisotopic (exact) mass is 342 g/mol. The highest BCUT2D eigenvalue weighted by Gasteiger charge is 2.11. The predicted molar refractivity (Wildman–Crippen MR) is 77.1 cm³/mol. The summed E-state index contributed by atoms with van der Waals surface area (Å²) in [5.74, 6) is -0.160. The molecule has 100 valence electrons. The standard InChI is InChI=1S/C12H11BrN2O3S/c1-2-7-5-15(12(18)14-11(7)17)6-8(16)9-3-4-10(13)19-9/h3-5H,2,6H2,1H3,(H,14,17,18). The van der Waals surface area contributed by atoms with Gasteiger partial charge in [0.25, 0.3) is 5.56 Å². The Hall–Kier alpha value is -1.47. The molecule has 2 aromatic heterocycles. The summed E-state index contributed by atoms with van der Waals surface area (Å²) in [5, 5.41) is 0. The SMILES string of the molecule is CCc1cn(CC(=O)c2ccc(Br)s2)c(=O)[nH]c1=O. The van der Waals surface area contributed by atoms with Crippen LogP contribution >= 0.6 is 27.3 Å². The third-order valence-electron chi connectivity index (χ3n) is 2.63. The molecule has 5 nitrogen and oxygen atoms in total. The predicted octanol–water partition coefficient (Wildman–Crippen LogP) is 1.81. The van der Waals surface area contributed by atoms with E-state index in [1.54, 1.807) is 12.1 Å². The van der Waals surface area contributed by atoms with Crippen LogP contribution in [0, 0.1) is 0 Å². The molecule has 0 amide bonds. The van der Waals surface area contributed by atoms with E-state index < -0.39 is 11.2 Å². The number of Topliss-reactive ketones (excluding diaryl/α,β-unsaturated/α-hetero) is 1. The molecule has 0 bridgehead atoms. The normalized spacial score (nSPS) is 10.6. The minimum Gasteiger partial charge on any atom is -0.292 e. The minimum atomic E-state index is -0.564. The molecular formula is C12H11BrN2O3S. The summed E-state index contributed by atoms with van der Waals surface area (Å²) in [6, 6.07) is 3.49. The number of ketones is 1. The number of aromatic nitrogens is 2. The van der Waals surface area contributed by atoms with Crippen molar-refractivity contribution < 1.29 is 4.79 Å². The lowest BCUT2D eigenvalue weighted by Crippen LogP contribution is -2.33. The maximum atomic E-state index is 12.0. The first-order chi connectivity index (χ1) is 9.01. The van der Waals surface area contributed by atoms with Gasteiger partial charge in [-0.05, 0) is 34.5 Å². The van der Waals surface area contributed by atoms with Gasteiger partial charge in [-0.3, -0.25) is 19.1 Å². The molecule has 0 radical (unpaired) electrons. The Morgan fingerprint density at radius 2 is 2.16 bits per heavy atom. The molecule has 7 heteroatoms. The number of hydrogen-bond acceptors (Lipinski definition) is 4. The van der Waals surface area contributed by atoms with Crippen LogP contribution in [-0.4, -0.2) is 15.3 Å². The van der Waals surface area contributed by atoms with Gasteiger partial charge in [0.05, 0.1) is 15.2 Å². The van der Waals surface area contributed by atoms with Crippen molar-refractivity contribution in [3.8, 4) is 0 Å². The number of halogens is 1. The molecule has 0 spiro atoms. The van der Waals surface area contributed by atoms with Gasteiger partial charge in [-0.2, -0.15) is 0 Å². The number of rotatable bonds is 4. The highest BCUT2D eigenvalue weighted by Crippen LogP contribution is 2.22. The number of H-pyrrole nitrogens is 1. The van der Waals surface area contributed by atoms with Gasteiger partial charge in [0, 0.05) is 11.8 Å². The largest absolute Gasteiger partial charge is 0.328 e. The Bertz CT molecular complexity index is 729. The Morgan fingerprint density at radius 3 is 2.74 bits per heavy atom. The van der Waals surface area contributed by atoms with E-state index in [4.69, 9.17) is 0 Å². The zero-order chi connectivity index (χ0) is 14.0. The number of nitrogens with zero attached hydrogens (tertiary/aromatic N) is 1. The van der Waals surface area contributed by atoms with Gasteiger partial charge in [-0.15, -0.1) is 11.3 Å². The van der Waals surface area contributed by atoms with Crippen LogP contribution in [0.4, 0.5) is 0 Å². The fourth-order valence-electron chi connectivity index (χ4n) is 1.62. The fourth-order valence-corrected chi connectivity index (χ4v) is 2.94. The molecule has 2 heterocycles. The van der Waals surface area contributed by atoms with Gasteiger partial charge in [0.2, 0.25) is 0 Å². The van der Waals surface area contributed by atoms with Crippen molar-refractivity contribution in [2.75, 3.05) is 0 Å². The number of thiophene rings is 1. The minimum absolute atomic E-state index is 0.0738. The molecule has 2 rings (SSSR count). The lowest BCUT2D eigenvalue weighted by molar-refractivity contribution is 0.0974. The number of hydrogen-bond donors (Lipinski definition) is 1. The zero-order valence-corrected chi connectivity index (χ0v) is 12.5. The quantitative estimate of drug-likeness (QED) is 0.861. The highest BCUT2D eigenvalue weighted by atomic mass is 79.9. The van der Waals surface area contributed by atoms with Crippen molar-refractivity contribution in [2.24, 2.45) is 0 Å². The van der Waals surface area contributed by atoms with Gasteiger partial charge in [0.1, 0.15) is 0 Å². The molecule has 0 saturated heterocycles. The lowest BCUT2D eigenvalue weighted by atomic mass is 10.2. The van der Waals surface area contributed by atoms with E-state index in [0.29, 0.717) is 16.9 Å². The number of aromatic amines is 1. The van der Waals surface area contributed by atoms with Gasteiger partial charge in [-0.25, -0.2) is 4.79 Å². The molecule has 2 aromatic rings. The molecule has 0 saturated carbocycles. The van der Waals surface area contributed by atoms with Crippen LogP contribution in [0.3, 0.4) is 0 Å². The van der Waals surface area contributed by atoms with Crippen molar-refractivity contribution in [2.45, 2.75) is 19.9 Å². The van der Waals surface area contributed by atoms with Crippen LogP contribution in [0.25, 0.3) is 0 Å². The van der Waals surface area contributed by atoms with Crippen LogP contribution < -0.4 is 11.2 Å². The number of nitrogens with one attached hydrogen (secondary N) is 1. The molecule has 1 N–H and O–H groups in total. The van der Waals surface area contributed by atoms with Gasteiger partial charge in [-0.1, -0.05) is 6.92 Å². The van der Waals surface area contributed by atoms with E-state index in [-0.39, 0.29) is 12.3 Å². The number of aryl methyl sites for hydroxylation is 1. The number of carbonyl (C=O) groups excluding carboxylic acids is 1. The molecule has 0 aliphatic heterocycles. The molecule has 0 aliphatic rings. The van der Waals surface area contributed by atoms with Crippen molar-refractivity contribution in [1.29, 1.82) is 0 Å². The first kappa shape index (κ1) is 14.0. The second-order valence-corrected chi connectivity index (χ2v) is 6.39. The zero-order valence-electron chi connectivity index (χ0n) is 10.1. The number of carbonyl (C=O) groups is 1. The average Bonchev–Trinajstić information content (AvgIpc) is 2.79. The van der Waals surface area contributed by atoms with E-state index in [1.165, 1.54) is 22.1 Å². The maximum Gasteiger partial charge on any atom is 0.328 e.